The molecule has 0 aromatic heterocycles. The second-order valence-electron chi connectivity index (χ2n) is 17.6. The third-order valence-corrected chi connectivity index (χ3v) is 15.0. The van der Waals surface area contributed by atoms with Crippen LogP contribution in [-0.2, 0) is 14.2 Å². The summed E-state index contributed by atoms with van der Waals surface area (Å²) in [5.41, 5.74) is -0.502. The first-order chi connectivity index (χ1) is 20.4. The van der Waals surface area contributed by atoms with Gasteiger partial charge in [-0.05, 0) is 105 Å². The average molecular weight is 621 g/mol. The fourth-order valence-electron chi connectivity index (χ4n) is 12.6. The minimum Gasteiger partial charge on any atom is -0.489 e. The molecule has 4 saturated carbocycles. The Morgan fingerprint density at radius 3 is 2.25 bits per heavy atom. The van der Waals surface area contributed by atoms with Crippen LogP contribution in [0.4, 0.5) is 0 Å². The van der Waals surface area contributed by atoms with E-state index in [1.807, 2.05) is 0 Å². The topological polar surface area (TPSA) is 149 Å². The van der Waals surface area contributed by atoms with Crippen molar-refractivity contribution in [2.24, 2.45) is 44.8 Å². The molecule has 250 valence electrons. The first kappa shape index (κ1) is 31.8. The maximum absolute atomic E-state index is 12.3. The van der Waals surface area contributed by atoms with Crippen molar-refractivity contribution in [3.8, 4) is 0 Å². The summed E-state index contributed by atoms with van der Waals surface area (Å²) in [6.07, 6.45) is 0.672. The van der Waals surface area contributed by atoms with Crippen molar-refractivity contribution in [1.29, 1.82) is 0 Å². The highest BCUT2D eigenvalue weighted by molar-refractivity contribution is 5.43. The molecule has 0 aromatic rings. The molecule has 7 rings (SSSR count). The van der Waals surface area contributed by atoms with Crippen molar-refractivity contribution in [3.63, 3.8) is 0 Å². The maximum atomic E-state index is 12.3. The van der Waals surface area contributed by atoms with Gasteiger partial charge in [-0.2, -0.15) is 0 Å². The quantitative estimate of drug-likeness (QED) is 0.261. The molecule has 0 radical (unpaired) electrons. The second-order valence-corrected chi connectivity index (χ2v) is 17.6. The van der Waals surface area contributed by atoms with Gasteiger partial charge in [0.25, 0.3) is 0 Å². The minimum absolute atomic E-state index is 0.0638. The summed E-state index contributed by atoms with van der Waals surface area (Å²) >= 11 is 0. The van der Waals surface area contributed by atoms with Crippen LogP contribution in [0.1, 0.15) is 99.8 Å². The molecule has 0 aromatic carbocycles. The predicted octanol–water partition coefficient (Wildman–Crippen LogP) is 3.03. The monoisotopic (exact) mass is 620 g/mol. The summed E-state index contributed by atoms with van der Waals surface area (Å²) in [6.45, 7) is 14.6. The van der Waals surface area contributed by atoms with Gasteiger partial charge in [-0.3, -0.25) is 0 Å². The highest BCUT2D eigenvalue weighted by Crippen LogP contribution is 2.89. The van der Waals surface area contributed by atoms with Crippen LogP contribution >= 0.6 is 0 Å². The van der Waals surface area contributed by atoms with Crippen LogP contribution in [-0.4, -0.2) is 91.9 Å². The molecule has 15 atom stereocenters. The fraction of sp³-hybridized carbons (Fsp3) is 0.943. The molecule has 2 aliphatic heterocycles. The Morgan fingerprint density at radius 1 is 0.909 bits per heavy atom. The van der Waals surface area contributed by atoms with Crippen LogP contribution in [0.5, 0.6) is 0 Å². The minimum atomic E-state index is -1.30. The van der Waals surface area contributed by atoms with E-state index in [9.17, 15) is 30.6 Å². The number of allylic oxidation sites excluding steroid dienone is 1. The van der Waals surface area contributed by atoms with Gasteiger partial charge in [0, 0.05) is 10.8 Å². The van der Waals surface area contributed by atoms with Crippen LogP contribution in [0.3, 0.4) is 0 Å². The zero-order valence-electron chi connectivity index (χ0n) is 27.6. The van der Waals surface area contributed by atoms with Crippen LogP contribution in [0.2, 0.25) is 0 Å². The average Bonchev–Trinajstić information content (AvgIpc) is 3.58. The molecule has 9 heteroatoms. The lowest BCUT2D eigenvalue weighted by molar-refractivity contribution is -0.303. The first-order valence-corrected chi connectivity index (χ1v) is 17.2. The Morgan fingerprint density at radius 2 is 1.57 bits per heavy atom. The van der Waals surface area contributed by atoms with Gasteiger partial charge in [-0.15, -0.1) is 0 Å². The van der Waals surface area contributed by atoms with Crippen LogP contribution in [0.25, 0.3) is 0 Å². The first-order valence-electron chi connectivity index (χ1n) is 17.2. The lowest BCUT2D eigenvalue weighted by atomic mass is 9.41. The van der Waals surface area contributed by atoms with Crippen molar-refractivity contribution >= 4 is 0 Å². The number of aliphatic hydroxyl groups is 6. The van der Waals surface area contributed by atoms with Gasteiger partial charge >= 0.3 is 0 Å². The number of hydrogen-bond donors (Lipinski definition) is 6. The molecule has 1 saturated heterocycles. The third kappa shape index (κ3) is 3.81. The summed E-state index contributed by atoms with van der Waals surface area (Å²) in [7, 11) is 0. The lowest BCUT2D eigenvalue weighted by Gasteiger charge is -2.63. The summed E-state index contributed by atoms with van der Waals surface area (Å²) in [5.74, 6) is 1.57. The van der Waals surface area contributed by atoms with Crippen molar-refractivity contribution < 1.29 is 44.8 Å². The van der Waals surface area contributed by atoms with E-state index in [0.717, 1.165) is 38.5 Å². The van der Waals surface area contributed by atoms with Gasteiger partial charge < -0.3 is 44.8 Å². The van der Waals surface area contributed by atoms with Gasteiger partial charge in [0.05, 0.1) is 18.3 Å². The van der Waals surface area contributed by atoms with Crippen molar-refractivity contribution in [1.82, 2.24) is 0 Å². The molecular weight excluding hydrogens is 564 g/mol. The van der Waals surface area contributed by atoms with E-state index >= 15 is 0 Å². The standard InChI is InChI=1S/C35H56O9/c1-17-14-19(27(39)31(4,5)41)43-26-23(17)32(6)12-13-35-16-34(35)11-10-22(44-29-25(38)24(37)18(36)15-42-29)30(2,3)20(34)8-9-21(35)33(32,7)28(26)40/h17-22,24-25,27-29,36-41H,8-16H2,1-7H3. The number of fused-ring (bicyclic) bond motifs is 3. The number of rotatable bonds is 4. The van der Waals surface area contributed by atoms with Crippen molar-refractivity contribution in [2.75, 3.05) is 6.61 Å². The SMILES string of the molecule is CC1CC(C(O)C(C)(C)O)OC2=C1C1(C)CCC34CC35CCC(OC3OCC(O)C(O)C3O)C(C)(C)C5CCC4C1(C)C2O. The molecule has 15 unspecified atom stereocenters. The van der Waals surface area contributed by atoms with E-state index in [2.05, 4.69) is 34.6 Å². The smallest absolute Gasteiger partial charge is 0.186 e. The molecule has 9 nitrogen and oxygen atoms in total. The van der Waals surface area contributed by atoms with Gasteiger partial charge in [0.2, 0.25) is 0 Å². The molecular formula is C35H56O9. The maximum Gasteiger partial charge on any atom is 0.186 e. The van der Waals surface area contributed by atoms with Gasteiger partial charge in [0.15, 0.2) is 6.29 Å². The number of ether oxygens (including phenoxy) is 3. The zero-order chi connectivity index (χ0) is 32.0. The van der Waals surface area contributed by atoms with E-state index in [1.165, 1.54) is 12.0 Å². The van der Waals surface area contributed by atoms with Crippen molar-refractivity contribution in [3.05, 3.63) is 11.3 Å². The van der Waals surface area contributed by atoms with Crippen LogP contribution in [0.15, 0.2) is 11.3 Å². The highest BCUT2D eigenvalue weighted by atomic mass is 16.7. The van der Waals surface area contributed by atoms with E-state index in [1.54, 1.807) is 13.8 Å². The normalized spacial score (nSPS) is 55.1. The summed E-state index contributed by atoms with van der Waals surface area (Å²) in [5, 5.41) is 64.6. The summed E-state index contributed by atoms with van der Waals surface area (Å²) in [4.78, 5) is 0. The molecule has 0 bridgehead atoms. The molecule has 7 aliphatic rings. The summed E-state index contributed by atoms with van der Waals surface area (Å²) in [6, 6.07) is 0. The molecule has 2 spiro atoms. The van der Waals surface area contributed by atoms with Gasteiger partial charge in [-0.25, -0.2) is 0 Å². The third-order valence-electron chi connectivity index (χ3n) is 15.0. The molecule has 5 fully saturated rings. The fourth-order valence-corrected chi connectivity index (χ4v) is 12.6. The molecule has 0 amide bonds. The van der Waals surface area contributed by atoms with E-state index in [-0.39, 0.29) is 45.7 Å². The Hall–Kier alpha value is -0.780. The molecule has 44 heavy (non-hydrogen) atoms. The summed E-state index contributed by atoms with van der Waals surface area (Å²) < 4.78 is 18.6. The van der Waals surface area contributed by atoms with E-state index in [0.29, 0.717) is 24.0 Å². The molecule has 6 N–H and O–H groups in total. The zero-order valence-corrected chi connectivity index (χ0v) is 27.6. The van der Waals surface area contributed by atoms with Crippen molar-refractivity contribution in [2.45, 2.75) is 154 Å². The lowest BCUT2D eigenvalue weighted by Crippen LogP contribution is -2.61. The predicted molar refractivity (Wildman–Crippen MR) is 161 cm³/mol. The van der Waals surface area contributed by atoms with Gasteiger partial charge in [-0.1, -0.05) is 34.6 Å². The van der Waals surface area contributed by atoms with Crippen LogP contribution < -0.4 is 0 Å². The number of hydrogen-bond acceptors (Lipinski definition) is 9. The van der Waals surface area contributed by atoms with Crippen LogP contribution in [0, 0.1) is 44.8 Å². The second kappa shape index (κ2) is 9.65. The Labute approximate surface area is 262 Å². The van der Waals surface area contributed by atoms with E-state index in [4.69, 9.17) is 14.2 Å². The number of aliphatic hydroxyl groups excluding tert-OH is 5. The largest absolute Gasteiger partial charge is 0.489 e. The Kier molecular flexibility index (Phi) is 6.97. The Bertz CT molecular complexity index is 1210. The molecule has 5 aliphatic carbocycles. The van der Waals surface area contributed by atoms with E-state index < -0.39 is 48.5 Å². The van der Waals surface area contributed by atoms with Gasteiger partial charge in [0.1, 0.15) is 42.4 Å². The highest BCUT2D eigenvalue weighted by Gasteiger charge is 2.83. The Balaban J connectivity index is 1.15. The molecule has 2 heterocycles.